The van der Waals surface area contributed by atoms with E-state index in [4.69, 9.17) is 21.1 Å². The Morgan fingerprint density at radius 3 is 1.84 bits per heavy atom. The van der Waals surface area contributed by atoms with Crippen LogP contribution in [0.15, 0.2) is 16.5 Å². The molecule has 0 bridgehead atoms. The van der Waals surface area contributed by atoms with Crippen LogP contribution in [0, 0.1) is 5.82 Å². The fourth-order valence-electron chi connectivity index (χ4n) is 1.99. The summed E-state index contributed by atoms with van der Waals surface area (Å²) in [7, 11) is -1.67. The molecule has 10 heteroatoms. The molecule has 0 fully saturated rings. The zero-order chi connectivity index (χ0) is 24.4. The zero-order valence-electron chi connectivity index (χ0n) is 19.3. The van der Waals surface area contributed by atoms with Crippen molar-refractivity contribution in [3.8, 4) is 0 Å². The molecular formula is C21H30ClFN2O5S. The number of ether oxygens (including phenoxy) is 2. The van der Waals surface area contributed by atoms with Crippen molar-refractivity contribution in [2.45, 2.75) is 78.3 Å². The van der Waals surface area contributed by atoms with E-state index >= 15 is 4.39 Å². The van der Waals surface area contributed by atoms with Gasteiger partial charge in [0.1, 0.15) is 22.2 Å². The highest BCUT2D eigenvalue weighted by atomic mass is 35.5. The normalized spacial score (nSPS) is 13.8. The molecule has 174 valence electrons. The fraction of sp³-hybridized carbons (Fsp3) is 0.571. The van der Waals surface area contributed by atoms with Gasteiger partial charge in [0.05, 0.1) is 21.0 Å². The first kappa shape index (κ1) is 27.0. The lowest BCUT2D eigenvalue weighted by Gasteiger charge is -2.29. The van der Waals surface area contributed by atoms with Crippen LogP contribution in [0.5, 0.6) is 0 Å². The number of halogens is 2. The second kappa shape index (κ2) is 9.65. The van der Waals surface area contributed by atoms with Crippen LogP contribution < -0.4 is 4.90 Å². The van der Waals surface area contributed by atoms with Crippen LogP contribution in [0.4, 0.5) is 19.7 Å². The summed E-state index contributed by atoms with van der Waals surface area (Å²) in [5.74, 6) is -1.01. The van der Waals surface area contributed by atoms with E-state index < -0.39 is 50.6 Å². The van der Waals surface area contributed by atoms with Gasteiger partial charge in [-0.25, -0.2) is 18.2 Å². The summed E-state index contributed by atoms with van der Waals surface area (Å²) in [4.78, 5) is 26.0. The lowest BCUT2D eigenvalue weighted by molar-refractivity contribution is 0.0429. The predicted molar refractivity (Wildman–Crippen MR) is 122 cm³/mol. The number of hydrogen-bond acceptors (Lipinski definition) is 5. The van der Waals surface area contributed by atoms with E-state index in [2.05, 4.69) is 4.40 Å². The largest absolute Gasteiger partial charge is 0.443 e. The molecule has 0 unspecified atom stereocenters. The van der Waals surface area contributed by atoms with Crippen molar-refractivity contribution in [1.29, 1.82) is 0 Å². The van der Waals surface area contributed by atoms with Crippen LogP contribution in [0.3, 0.4) is 0 Å². The van der Waals surface area contributed by atoms with Crippen molar-refractivity contribution in [3.05, 3.63) is 28.5 Å². The zero-order valence-corrected chi connectivity index (χ0v) is 20.9. The summed E-state index contributed by atoms with van der Waals surface area (Å²) in [6.45, 7) is 14.8. The molecule has 1 aromatic carbocycles. The Labute approximate surface area is 190 Å². The lowest BCUT2D eigenvalue weighted by atomic mass is 10.1. The first-order valence-corrected chi connectivity index (χ1v) is 11.0. The highest BCUT2D eigenvalue weighted by Crippen LogP contribution is 2.30. The van der Waals surface area contributed by atoms with Gasteiger partial charge in [0.2, 0.25) is 0 Å². The van der Waals surface area contributed by atoms with Crippen LogP contribution in [-0.4, -0.2) is 38.6 Å². The minimum absolute atomic E-state index is 0.0377. The standard InChI is InChI=1S/C21H30ClFN2O5S/c1-19(2,3)29-17(26)25(18(27)30-20(4,5)6)15-11-10-14(22)13(16(15)23)12-24-31(28)21(7,8)9/h10-12H,1-9H3/b24-12+/t31-/m0/s1. The Morgan fingerprint density at radius 1 is 1.00 bits per heavy atom. The van der Waals surface area contributed by atoms with Gasteiger partial charge in [0, 0.05) is 6.21 Å². The summed E-state index contributed by atoms with van der Waals surface area (Å²) < 4.78 is 41.3. The first-order valence-electron chi connectivity index (χ1n) is 9.53. The number of carbonyl (C=O) groups is 2. The van der Waals surface area contributed by atoms with Crippen molar-refractivity contribution in [1.82, 2.24) is 0 Å². The van der Waals surface area contributed by atoms with E-state index in [9.17, 15) is 13.8 Å². The van der Waals surface area contributed by atoms with E-state index in [1.807, 2.05) is 0 Å². The van der Waals surface area contributed by atoms with Crippen molar-refractivity contribution in [3.63, 3.8) is 0 Å². The highest BCUT2D eigenvalue weighted by molar-refractivity contribution is 7.85. The highest BCUT2D eigenvalue weighted by Gasteiger charge is 2.35. The molecule has 7 nitrogen and oxygen atoms in total. The van der Waals surface area contributed by atoms with Gasteiger partial charge in [-0.1, -0.05) is 11.6 Å². The van der Waals surface area contributed by atoms with E-state index in [1.54, 1.807) is 62.3 Å². The molecule has 0 spiro atoms. The number of anilines is 1. The molecule has 0 N–H and O–H groups in total. The third-order valence-electron chi connectivity index (χ3n) is 3.30. The average molecular weight is 477 g/mol. The molecule has 0 aliphatic heterocycles. The van der Waals surface area contributed by atoms with E-state index in [0.29, 0.717) is 4.90 Å². The molecule has 0 saturated heterocycles. The van der Waals surface area contributed by atoms with Crippen LogP contribution in [0.25, 0.3) is 0 Å². The van der Waals surface area contributed by atoms with Crippen LogP contribution in [0.1, 0.15) is 67.9 Å². The van der Waals surface area contributed by atoms with Crippen LogP contribution in [0.2, 0.25) is 5.02 Å². The Morgan fingerprint density at radius 2 is 1.45 bits per heavy atom. The molecule has 0 aliphatic carbocycles. The molecule has 1 rings (SSSR count). The summed E-state index contributed by atoms with van der Waals surface area (Å²) in [6.07, 6.45) is -1.22. The van der Waals surface area contributed by atoms with Gasteiger partial charge < -0.3 is 9.47 Å². The van der Waals surface area contributed by atoms with Crippen LogP contribution >= 0.6 is 11.6 Å². The summed E-state index contributed by atoms with van der Waals surface area (Å²) in [5.41, 5.74) is -2.56. The number of amides is 2. The minimum Gasteiger partial charge on any atom is -0.443 e. The Hall–Kier alpha value is -2.00. The number of benzene rings is 1. The molecule has 1 atom stereocenters. The first-order chi connectivity index (χ1) is 13.8. The Bertz CT molecular complexity index is 871. The monoisotopic (exact) mass is 476 g/mol. The maximum Gasteiger partial charge on any atom is 0.424 e. The van der Waals surface area contributed by atoms with Crippen molar-refractivity contribution in [2.24, 2.45) is 4.40 Å². The molecular weight excluding hydrogens is 447 g/mol. The van der Waals surface area contributed by atoms with Gasteiger partial charge in [0.25, 0.3) is 0 Å². The van der Waals surface area contributed by atoms with Crippen LogP contribution in [-0.2, 0) is 20.5 Å². The maximum absolute atomic E-state index is 15.4. The smallest absolute Gasteiger partial charge is 0.424 e. The number of carbonyl (C=O) groups excluding carboxylic acids is 2. The molecule has 1 aromatic rings. The third-order valence-corrected chi connectivity index (χ3v) is 4.97. The average Bonchev–Trinajstić information content (AvgIpc) is 2.52. The second-order valence-electron chi connectivity index (χ2n) is 9.69. The number of nitrogens with zero attached hydrogens (tertiary/aromatic N) is 2. The molecule has 0 aromatic heterocycles. The van der Waals surface area contributed by atoms with Gasteiger partial charge in [0.15, 0.2) is 5.82 Å². The molecule has 0 aliphatic rings. The number of imide groups is 1. The van der Waals surface area contributed by atoms with E-state index in [-0.39, 0.29) is 10.6 Å². The molecule has 0 heterocycles. The van der Waals surface area contributed by atoms with E-state index in [1.165, 1.54) is 6.07 Å². The summed E-state index contributed by atoms with van der Waals surface area (Å²) in [6, 6.07) is 2.45. The quantitative estimate of drug-likeness (QED) is 0.496. The summed E-state index contributed by atoms with van der Waals surface area (Å²) >= 11 is 6.09. The van der Waals surface area contributed by atoms with Gasteiger partial charge in [-0.2, -0.15) is 9.30 Å². The van der Waals surface area contributed by atoms with Gasteiger partial charge in [-0.3, -0.25) is 0 Å². The van der Waals surface area contributed by atoms with Gasteiger partial charge in [-0.15, -0.1) is 0 Å². The minimum atomic E-state index is -1.67. The molecule has 0 saturated carbocycles. The molecule has 2 amide bonds. The van der Waals surface area contributed by atoms with Gasteiger partial charge >= 0.3 is 12.2 Å². The lowest BCUT2D eigenvalue weighted by Crippen LogP contribution is -2.44. The Kier molecular flexibility index (Phi) is 8.41. The molecule has 0 radical (unpaired) electrons. The van der Waals surface area contributed by atoms with Crippen molar-refractivity contribution >= 4 is 46.7 Å². The Balaban J connectivity index is 3.55. The van der Waals surface area contributed by atoms with Gasteiger partial charge in [-0.05, 0) is 74.4 Å². The SMILES string of the molecule is CC(C)(C)OC(=O)N(C(=O)OC(C)(C)C)c1ccc(Cl)c(/C=N/[S@@](=O)C(C)(C)C)c1F. The fourth-order valence-corrected chi connectivity index (χ4v) is 2.71. The number of hydrogen-bond donors (Lipinski definition) is 0. The third kappa shape index (κ3) is 8.22. The predicted octanol–water partition coefficient (Wildman–Crippen LogP) is 6.04. The summed E-state index contributed by atoms with van der Waals surface area (Å²) in [5, 5.41) is -0.0377. The number of rotatable bonds is 3. The topological polar surface area (TPSA) is 85.3 Å². The molecule has 31 heavy (non-hydrogen) atoms. The maximum atomic E-state index is 15.4. The van der Waals surface area contributed by atoms with Crippen molar-refractivity contribution < 1.29 is 27.7 Å². The van der Waals surface area contributed by atoms with E-state index in [0.717, 1.165) is 12.3 Å². The second-order valence-corrected chi connectivity index (χ2v) is 12.0. The van der Waals surface area contributed by atoms with Crippen molar-refractivity contribution in [2.75, 3.05) is 4.90 Å².